The highest BCUT2D eigenvalue weighted by Gasteiger charge is 2.26. The molecule has 0 spiro atoms. The fraction of sp³-hybridized carbons (Fsp3) is 0.176. The molecule has 0 fully saturated rings. The van der Waals surface area contributed by atoms with Crippen molar-refractivity contribution in [3.8, 4) is 0 Å². The van der Waals surface area contributed by atoms with Crippen molar-refractivity contribution < 1.29 is 10.2 Å². The van der Waals surface area contributed by atoms with E-state index in [0.717, 1.165) is 11.1 Å². The quantitative estimate of drug-likeness (QED) is 0.804. The van der Waals surface area contributed by atoms with Gasteiger partial charge >= 0.3 is 0 Å². The number of hydrogen-bond acceptors (Lipinski definition) is 2. The summed E-state index contributed by atoms with van der Waals surface area (Å²) in [6.07, 6.45) is 0.0674. The average Bonchev–Trinajstić information content (AvgIpc) is 2.49. The van der Waals surface area contributed by atoms with Gasteiger partial charge in [0.15, 0.2) is 0 Å². The van der Waals surface area contributed by atoms with E-state index in [1.54, 1.807) is 6.08 Å². The smallest absolute Gasteiger partial charge is 0.0880 e. The van der Waals surface area contributed by atoms with Crippen LogP contribution in [-0.4, -0.2) is 10.2 Å². The standard InChI is InChI=1S/C17H18O2/c1-2-15(16(18)13-9-5-3-6-10-13)17(19)14-11-7-4-8-12-14/h2-12,15-19H,1H2. The van der Waals surface area contributed by atoms with Crippen LogP contribution in [-0.2, 0) is 0 Å². The van der Waals surface area contributed by atoms with E-state index in [1.807, 2.05) is 60.7 Å². The first-order valence-corrected chi connectivity index (χ1v) is 6.32. The molecule has 98 valence electrons. The van der Waals surface area contributed by atoms with E-state index in [-0.39, 0.29) is 0 Å². The van der Waals surface area contributed by atoms with Crippen molar-refractivity contribution in [3.63, 3.8) is 0 Å². The third-order valence-corrected chi connectivity index (χ3v) is 3.28. The molecule has 0 amide bonds. The molecule has 0 bridgehead atoms. The molecular formula is C17H18O2. The van der Waals surface area contributed by atoms with Crippen molar-refractivity contribution in [3.05, 3.63) is 84.4 Å². The third-order valence-electron chi connectivity index (χ3n) is 3.28. The topological polar surface area (TPSA) is 40.5 Å². The highest BCUT2D eigenvalue weighted by molar-refractivity contribution is 5.24. The van der Waals surface area contributed by atoms with Crippen LogP contribution in [0.15, 0.2) is 73.3 Å². The zero-order chi connectivity index (χ0) is 13.7. The molecular weight excluding hydrogens is 236 g/mol. The summed E-state index contributed by atoms with van der Waals surface area (Å²) in [4.78, 5) is 0. The monoisotopic (exact) mass is 254 g/mol. The van der Waals surface area contributed by atoms with Crippen LogP contribution < -0.4 is 0 Å². The van der Waals surface area contributed by atoms with Gasteiger partial charge in [0.25, 0.3) is 0 Å². The number of benzene rings is 2. The van der Waals surface area contributed by atoms with E-state index in [4.69, 9.17) is 0 Å². The van der Waals surface area contributed by atoms with Crippen molar-refractivity contribution in [2.45, 2.75) is 12.2 Å². The molecule has 0 aliphatic heterocycles. The van der Waals surface area contributed by atoms with Gasteiger partial charge in [0, 0.05) is 5.92 Å². The lowest BCUT2D eigenvalue weighted by Gasteiger charge is -2.25. The van der Waals surface area contributed by atoms with Gasteiger partial charge in [0.1, 0.15) is 0 Å². The maximum Gasteiger partial charge on any atom is 0.0880 e. The summed E-state index contributed by atoms with van der Waals surface area (Å²) < 4.78 is 0. The fourth-order valence-corrected chi connectivity index (χ4v) is 2.18. The number of aliphatic hydroxyl groups excluding tert-OH is 2. The number of aliphatic hydroxyl groups is 2. The molecule has 0 aliphatic rings. The van der Waals surface area contributed by atoms with Crippen LogP contribution in [0.2, 0.25) is 0 Å². The lowest BCUT2D eigenvalue weighted by atomic mass is 9.87. The normalized spacial score (nSPS) is 15.5. The van der Waals surface area contributed by atoms with Crippen LogP contribution in [0, 0.1) is 5.92 Å². The lowest BCUT2D eigenvalue weighted by Crippen LogP contribution is -2.18. The van der Waals surface area contributed by atoms with Gasteiger partial charge in [-0.1, -0.05) is 66.7 Å². The van der Waals surface area contributed by atoms with Gasteiger partial charge in [-0.3, -0.25) is 0 Å². The summed E-state index contributed by atoms with van der Waals surface area (Å²) in [7, 11) is 0. The molecule has 19 heavy (non-hydrogen) atoms. The van der Waals surface area contributed by atoms with Crippen LogP contribution in [0.3, 0.4) is 0 Å². The molecule has 2 aromatic carbocycles. The first-order chi connectivity index (χ1) is 9.24. The fourth-order valence-electron chi connectivity index (χ4n) is 2.18. The summed E-state index contributed by atoms with van der Waals surface area (Å²) in [5.41, 5.74) is 1.56. The molecule has 2 N–H and O–H groups in total. The van der Waals surface area contributed by atoms with Gasteiger partial charge in [0.05, 0.1) is 12.2 Å². The van der Waals surface area contributed by atoms with Crippen molar-refractivity contribution in [1.82, 2.24) is 0 Å². The zero-order valence-electron chi connectivity index (χ0n) is 10.7. The first kappa shape index (κ1) is 13.5. The minimum atomic E-state index is -0.770. The van der Waals surface area contributed by atoms with Crippen LogP contribution >= 0.6 is 0 Å². The van der Waals surface area contributed by atoms with E-state index in [0.29, 0.717) is 0 Å². The van der Waals surface area contributed by atoms with Gasteiger partial charge in [-0.2, -0.15) is 0 Å². The van der Waals surface area contributed by atoms with Gasteiger partial charge < -0.3 is 10.2 Å². The van der Waals surface area contributed by atoms with Crippen LogP contribution in [0.4, 0.5) is 0 Å². The Morgan fingerprint density at radius 3 is 1.42 bits per heavy atom. The van der Waals surface area contributed by atoms with Gasteiger partial charge in [0.2, 0.25) is 0 Å². The van der Waals surface area contributed by atoms with E-state index < -0.39 is 18.1 Å². The first-order valence-electron chi connectivity index (χ1n) is 6.32. The van der Waals surface area contributed by atoms with E-state index in [2.05, 4.69) is 6.58 Å². The van der Waals surface area contributed by atoms with E-state index in [1.165, 1.54) is 0 Å². The minimum Gasteiger partial charge on any atom is -0.388 e. The highest BCUT2D eigenvalue weighted by Crippen LogP contribution is 2.33. The minimum absolute atomic E-state index is 0.440. The Kier molecular flexibility index (Phi) is 4.50. The Morgan fingerprint density at radius 1 is 0.737 bits per heavy atom. The van der Waals surface area contributed by atoms with Gasteiger partial charge in [-0.25, -0.2) is 0 Å². The summed E-state index contributed by atoms with van der Waals surface area (Å²) >= 11 is 0. The third kappa shape index (κ3) is 3.11. The van der Waals surface area contributed by atoms with Crippen molar-refractivity contribution in [2.75, 3.05) is 0 Å². The second-order valence-corrected chi connectivity index (χ2v) is 4.52. The summed E-state index contributed by atoms with van der Waals surface area (Å²) in [6, 6.07) is 18.7. The molecule has 0 heterocycles. The second-order valence-electron chi connectivity index (χ2n) is 4.52. The Balaban J connectivity index is 2.23. The molecule has 2 unspecified atom stereocenters. The highest BCUT2D eigenvalue weighted by atomic mass is 16.3. The van der Waals surface area contributed by atoms with Gasteiger partial charge in [-0.15, -0.1) is 6.58 Å². The maximum atomic E-state index is 10.4. The zero-order valence-corrected chi connectivity index (χ0v) is 10.7. The van der Waals surface area contributed by atoms with Crippen LogP contribution in [0.25, 0.3) is 0 Å². The van der Waals surface area contributed by atoms with Crippen molar-refractivity contribution in [1.29, 1.82) is 0 Å². The second kappa shape index (κ2) is 6.32. The maximum absolute atomic E-state index is 10.4. The predicted molar refractivity (Wildman–Crippen MR) is 76.5 cm³/mol. The molecule has 0 aromatic heterocycles. The molecule has 0 aliphatic carbocycles. The van der Waals surface area contributed by atoms with Crippen molar-refractivity contribution >= 4 is 0 Å². The molecule has 2 heteroatoms. The SMILES string of the molecule is C=CC(C(O)c1ccccc1)C(O)c1ccccc1. The Hall–Kier alpha value is -1.90. The van der Waals surface area contributed by atoms with E-state index in [9.17, 15) is 10.2 Å². The average molecular weight is 254 g/mol. The van der Waals surface area contributed by atoms with Gasteiger partial charge in [-0.05, 0) is 11.1 Å². The number of rotatable bonds is 5. The molecule has 0 saturated heterocycles. The summed E-state index contributed by atoms with van der Waals surface area (Å²) in [6.45, 7) is 3.73. The Labute approximate surface area is 113 Å². The summed E-state index contributed by atoms with van der Waals surface area (Å²) in [5, 5.41) is 20.8. The predicted octanol–water partition coefficient (Wildman–Crippen LogP) is 3.26. The van der Waals surface area contributed by atoms with Crippen LogP contribution in [0.1, 0.15) is 23.3 Å². The molecule has 2 aromatic rings. The van der Waals surface area contributed by atoms with Crippen LogP contribution in [0.5, 0.6) is 0 Å². The molecule has 0 saturated carbocycles. The molecule has 2 atom stereocenters. The largest absolute Gasteiger partial charge is 0.388 e. The molecule has 2 rings (SSSR count). The molecule has 0 radical (unpaired) electrons. The lowest BCUT2D eigenvalue weighted by molar-refractivity contribution is 0.0353. The van der Waals surface area contributed by atoms with E-state index >= 15 is 0 Å². The molecule has 2 nitrogen and oxygen atoms in total. The summed E-state index contributed by atoms with van der Waals surface area (Å²) in [5.74, 6) is -0.440. The number of hydrogen-bond donors (Lipinski definition) is 2. The Morgan fingerprint density at radius 2 is 1.11 bits per heavy atom. The Bertz CT molecular complexity index is 462. The van der Waals surface area contributed by atoms with Crippen molar-refractivity contribution in [2.24, 2.45) is 5.92 Å².